The van der Waals surface area contributed by atoms with E-state index in [1.807, 2.05) is 25.5 Å². The molecule has 1 heterocycles. The Balaban J connectivity index is 1.76. The molecule has 0 radical (unpaired) electrons. The number of halogens is 3. The van der Waals surface area contributed by atoms with Crippen LogP contribution in [0.3, 0.4) is 0 Å². The van der Waals surface area contributed by atoms with Gasteiger partial charge in [0.15, 0.2) is 11.8 Å². The van der Waals surface area contributed by atoms with Crippen molar-refractivity contribution < 1.29 is 13.2 Å². The second-order valence-electron chi connectivity index (χ2n) is 7.50. The first-order chi connectivity index (χ1) is 13.7. The Hall–Kier alpha value is -2.58. The van der Waals surface area contributed by atoms with E-state index in [4.69, 9.17) is 0 Å². The summed E-state index contributed by atoms with van der Waals surface area (Å²) in [6, 6.07) is 5.35. The number of hydrogen-bond acceptors (Lipinski definition) is 3. The largest absolute Gasteiger partial charge is 0.416 e. The minimum absolute atomic E-state index is 0.316. The topological polar surface area (TPSA) is 67.1 Å². The number of nitrogens with one attached hydrogen (secondary N) is 2. The molecule has 1 aromatic carbocycles. The third-order valence-corrected chi connectivity index (χ3v) is 5.32. The maximum absolute atomic E-state index is 13.0. The number of aromatic nitrogens is 3. The van der Waals surface area contributed by atoms with E-state index in [2.05, 4.69) is 25.8 Å². The van der Waals surface area contributed by atoms with Gasteiger partial charge in [-0.15, -0.1) is 10.2 Å². The Morgan fingerprint density at radius 3 is 2.62 bits per heavy atom. The zero-order valence-electron chi connectivity index (χ0n) is 16.9. The Morgan fingerprint density at radius 1 is 1.28 bits per heavy atom. The molecule has 2 N–H and O–H groups in total. The SMILES string of the molecule is Cc1nnc(CN=C(NC2CCCC2)NC(C)c2cccc(C(F)(F)F)c2)n1C. The summed E-state index contributed by atoms with van der Waals surface area (Å²) < 4.78 is 41.0. The van der Waals surface area contributed by atoms with E-state index < -0.39 is 11.7 Å². The molecule has 0 amide bonds. The summed E-state index contributed by atoms with van der Waals surface area (Å²) in [4.78, 5) is 4.62. The molecule has 3 rings (SSSR count). The van der Waals surface area contributed by atoms with E-state index in [0.717, 1.165) is 43.4 Å². The van der Waals surface area contributed by atoms with Crippen LogP contribution in [0.5, 0.6) is 0 Å². The zero-order chi connectivity index (χ0) is 21.0. The molecule has 1 aliphatic rings. The quantitative estimate of drug-likeness (QED) is 0.582. The molecule has 1 aromatic heterocycles. The van der Waals surface area contributed by atoms with Crippen molar-refractivity contribution in [3.05, 3.63) is 47.0 Å². The summed E-state index contributed by atoms with van der Waals surface area (Å²) in [5.74, 6) is 2.09. The third-order valence-electron chi connectivity index (χ3n) is 5.32. The van der Waals surface area contributed by atoms with Crippen LogP contribution in [0.1, 0.15) is 61.4 Å². The number of rotatable bonds is 5. The predicted octanol–water partition coefficient (Wildman–Crippen LogP) is 3.88. The monoisotopic (exact) mass is 408 g/mol. The average Bonchev–Trinajstić information content (AvgIpc) is 3.30. The molecule has 0 saturated heterocycles. The fourth-order valence-corrected chi connectivity index (χ4v) is 3.41. The highest BCUT2D eigenvalue weighted by Gasteiger charge is 2.30. The molecule has 158 valence electrons. The lowest BCUT2D eigenvalue weighted by molar-refractivity contribution is -0.137. The number of alkyl halides is 3. The van der Waals surface area contributed by atoms with E-state index >= 15 is 0 Å². The molecule has 0 bridgehead atoms. The molecule has 1 atom stereocenters. The minimum atomic E-state index is -4.36. The second kappa shape index (κ2) is 8.84. The van der Waals surface area contributed by atoms with E-state index in [1.54, 1.807) is 6.07 Å². The van der Waals surface area contributed by atoms with Gasteiger partial charge in [0, 0.05) is 13.1 Å². The Labute approximate surface area is 168 Å². The lowest BCUT2D eigenvalue weighted by atomic mass is 10.1. The molecule has 1 aliphatic carbocycles. The highest BCUT2D eigenvalue weighted by atomic mass is 19.4. The minimum Gasteiger partial charge on any atom is -0.354 e. The van der Waals surface area contributed by atoms with Crippen molar-refractivity contribution >= 4 is 5.96 Å². The van der Waals surface area contributed by atoms with Gasteiger partial charge in [-0.25, -0.2) is 4.99 Å². The van der Waals surface area contributed by atoms with Crippen LogP contribution in [0.4, 0.5) is 13.2 Å². The van der Waals surface area contributed by atoms with Crippen LogP contribution < -0.4 is 10.6 Å². The van der Waals surface area contributed by atoms with Crippen molar-refractivity contribution in [2.24, 2.45) is 12.0 Å². The lowest BCUT2D eigenvalue weighted by Gasteiger charge is -2.22. The Kier molecular flexibility index (Phi) is 6.44. The standard InChI is InChI=1S/C20H27F3N6/c1-13(15-7-6-8-16(11-15)20(21,22)23)25-19(26-17-9-4-5-10-17)24-12-18-28-27-14(2)29(18)3/h6-8,11,13,17H,4-5,9-10,12H2,1-3H3,(H2,24,25,26). The van der Waals surface area contributed by atoms with Gasteiger partial charge in [0.25, 0.3) is 0 Å². The molecule has 6 nitrogen and oxygen atoms in total. The van der Waals surface area contributed by atoms with Crippen LogP contribution in [0.2, 0.25) is 0 Å². The number of hydrogen-bond donors (Lipinski definition) is 2. The first-order valence-corrected chi connectivity index (χ1v) is 9.83. The predicted molar refractivity (Wildman–Crippen MR) is 105 cm³/mol. The molecule has 2 aromatic rings. The van der Waals surface area contributed by atoms with E-state index in [1.165, 1.54) is 12.1 Å². The fourth-order valence-electron chi connectivity index (χ4n) is 3.41. The van der Waals surface area contributed by atoms with Crippen molar-refractivity contribution in [2.45, 2.75) is 64.3 Å². The lowest BCUT2D eigenvalue weighted by Crippen LogP contribution is -2.43. The van der Waals surface area contributed by atoms with Gasteiger partial charge in [-0.2, -0.15) is 13.2 Å². The van der Waals surface area contributed by atoms with Gasteiger partial charge >= 0.3 is 6.18 Å². The van der Waals surface area contributed by atoms with Gasteiger partial charge in [0.1, 0.15) is 12.4 Å². The van der Waals surface area contributed by atoms with Crippen LogP contribution in [-0.4, -0.2) is 26.8 Å². The van der Waals surface area contributed by atoms with Crippen molar-refractivity contribution in [3.8, 4) is 0 Å². The van der Waals surface area contributed by atoms with Crippen molar-refractivity contribution in [1.29, 1.82) is 0 Å². The fraction of sp³-hybridized carbons (Fsp3) is 0.550. The number of aryl methyl sites for hydroxylation is 1. The van der Waals surface area contributed by atoms with Crippen LogP contribution in [0.15, 0.2) is 29.3 Å². The molecular weight excluding hydrogens is 381 g/mol. The van der Waals surface area contributed by atoms with Gasteiger partial charge in [-0.3, -0.25) is 0 Å². The van der Waals surface area contributed by atoms with E-state index in [-0.39, 0.29) is 6.04 Å². The molecule has 1 unspecified atom stereocenters. The first-order valence-electron chi connectivity index (χ1n) is 9.83. The normalized spacial score (nSPS) is 16.8. The van der Waals surface area contributed by atoms with Gasteiger partial charge in [0.2, 0.25) is 0 Å². The summed E-state index contributed by atoms with van der Waals surface area (Å²) in [5.41, 5.74) is -0.101. The molecular formula is C20H27F3N6. The average molecular weight is 408 g/mol. The maximum Gasteiger partial charge on any atom is 0.416 e. The molecule has 29 heavy (non-hydrogen) atoms. The van der Waals surface area contributed by atoms with Gasteiger partial charge in [0.05, 0.1) is 11.6 Å². The number of aliphatic imine (C=N–C) groups is 1. The van der Waals surface area contributed by atoms with Crippen LogP contribution in [-0.2, 0) is 19.8 Å². The number of nitrogens with zero attached hydrogens (tertiary/aromatic N) is 4. The maximum atomic E-state index is 13.0. The summed E-state index contributed by atoms with van der Waals surface area (Å²) in [6.07, 6.45) is 0.0778. The van der Waals surface area contributed by atoms with Crippen LogP contribution in [0.25, 0.3) is 0 Å². The Bertz CT molecular complexity index is 852. The molecule has 1 saturated carbocycles. The third kappa shape index (κ3) is 5.48. The smallest absolute Gasteiger partial charge is 0.354 e. The van der Waals surface area contributed by atoms with Gasteiger partial charge in [-0.05, 0) is 44.4 Å². The molecule has 0 aliphatic heterocycles. The summed E-state index contributed by atoms with van der Waals surface area (Å²) in [5, 5.41) is 14.8. The van der Waals surface area contributed by atoms with Crippen molar-refractivity contribution in [1.82, 2.24) is 25.4 Å². The van der Waals surface area contributed by atoms with Gasteiger partial charge < -0.3 is 15.2 Å². The first kappa shape index (κ1) is 21.1. The Morgan fingerprint density at radius 2 is 2.00 bits per heavy atom. The molecule has 0 spiro atoms. The van der Waals surface area contributed by atoms with Crippen molar-refractivity contribution in [2.75, 3.05) is 0 Å². The summed E-state index contributed by atoms with van der Waals surface area (Å²) in [7, 11) is 1.88. The number of guanidine groups is 1. The molecule has 1 fully saturated rings. The molecule has 9 heteroatoms. The van der Waals surface area contributed by atoms with Crippen LogP contribution in [0, 0.1) is 6.92 Å². The van der Waals surface area contributed by atoms with E-state index in [9.17, 15) is 13.2 Å². The van der Waals surface area contributed by atoms with Crippen molar-refractivity contribution in [3.63, 3.8) is 0 Å². The summed E-state index contributed by atoms with van der Waals surface area (Å²) in [6.45, 7) is 4.02. The highest BCUT2D eigenvalue weighted by Crippen LogP contribution is 2.30. The number of benzene rings is 1. The van der Waals surface area contributed by atoms with E-state index in [0.29, 0.717) is 24.1 Å². The summed E-state index contributed by atoms with van der Waals surface area (Å²) >= 11 is 0. The van der Waals surface area contributed by atoms with Crippen LogP contribution >= 0.6 is 0 Å². The zero-order valence-corrected chi connectivity index (χ0v) is 16.9. The highest BCUT2D eigenvalue weighted by molar-refractivity contribution is 5.80. The van der Waals surface area contributed by atoms with Gasteiger partial charge in [-0.1, -0.05) is 25.0 Å². The second-order valence-corrected chi connectivity index (χ2v) is 7.50.